The molecule has 3 aromatic rings. The van der Waals surface area contributed by atoms with Crippen molar-refractivity contribution < 1.29 is 19.8 Å². The molecule has 0 saturated carbocycles. The summed E-state index contributed by atoms with van der Waals surface area (Å²) >= 11 is 0. The van der Waals surface area contributed by atoms with Gasteiger partial charge in [0, 0.05) is 23.8 Å². The first-order chi connectivity index (χ1) is 12.4. The second-order valence-electron chi connectivity index (χ2n) is 4.84. The Balaban J connectivity index is 0.000000201. The average Bonchev–Trinajstić information content (AvgIpc) is 2.65. The van der Waals surface area contributed by atoms with E-state index >= 15 is 0 Å². The van der Waals surface area contributed by atoms with Crippen LogP contribution in [0.5, 0.6) is 0 Å². The Morgan fingerprint density at radius 2 is 1.31 bits per heavy atom. The second-order valence-corrected chi connectivity index (χ2v) is 4.84. The van der Waals surface area contributed by atoms with Gasteiger partial charge in [-0.2, -0.15) is 0 Å². The molecule has 0 saturated heterocycles. The van der Waals surface area contributed by atoms with E-state index in [1.54, 1.807) is 42.7 Å². The third-order valence-electron chi connectivity index (χ3n) is 2.92. The number of hydrogen-bond acceptors (Lipinski definition) is 5. The lowest BCUT2D eigenvalue weighted by Crippen LogP contribution is -2.00. The van der Waals surface area contributed by atoms with Crippen molar-refractivity contribution in [2.75, 3.05) is 11.5 Å². The lowest BCUT2D eigenvalue weighted by Gasteiger charge is -1.96. The second kappa shape index (κ2) is 10.8. The number of carbonyl (C=O) groups is 2. The van der Waals surface area contributed by atoms with Gasteiger partial charge in [-0.15, -0.1) is 0 Å². The molecule has 1 heterocycles. The van der Waals surface area contributed by atoms with E-state index in [0.29, 0.717) is 11.4 Å². The van der Waals surface area contributed by atoms with Crippen molar-refractivity contribution in [3.8, 4) is 0 Å². The quantitative estimate of drug-likeness (QED) is 0.519. The van der Waals surface area contributed by atoms with E-state index < -0.39 is 11.9 Å². The molecule has 1 aromatic heterocycles. The Hall–Kier alpha value is -3.87. The van der Waals surface area contributed by atoms with Gasteiger partial charge in [-0.05, 0) is 48.5 Å². The first kappa shape index (κ1) is 20.2. The van der Waals surface area contributed by atoms with Gasteiger partial charge >= 0.3 is 11.9 Å². The first-order valence-electron chi connectivity index (χ1n) is 7.43. The molecule has 0 bridgehead atoms. The van der Waals surface area contributed by atoms with Crippen LogP contribution >= 0.6 is 0 Å². The number of rotatable bonds is 2. The van der Waals surface area contributed by atoms with E-state index in [1.807, 2.05) is 18.2 Å². The zero-order valence-corrected chi connectivity index (χ0v) is 13.8. The molecule has 0 aliphatic carbocycles. The van der Waals surface area contributed by atoms with Crippen LogP contribution in [0.25, 0.3) is 0 Å². The maximum absolute atomic E-state index is 10.3. The Labute approximate surface area is 150 Å². The predicted octanol–water partition coefficient (Wildman–Crippen LogP) is 3.02. The predicted molar refractivity (Wildman–Crippen MR) is 99.9 cm³/mol. The molecule has 0 aliphatic rings. The summed E-state index contributed by atoms with van der Waals surface area (Å²) in [5.41, 5.74) is 12.0. The monoisotopic (exact) mass is 353 g/mol. The Morgan fingerprint density at radius 1 is 0.731 bits per heavy atom. The van der Waals surface area contributed by atoms with Crippen LogP contribution in [-0.2, 0) is 0 Å². The van der Waals surface area contributed by atoms with Crippen LogP contribution in [0.4, 0.5) is 11.4 Å². The highest BCUT2D eigenvalue weighted by atomic mass is 16.4. The summed E-state index contributed by atoms with van der Waals surface area (Å²) < 4.78 is 0. The Morgan fingerprint density at radius 3 is 1.65 bits per heavy atom. The van der Waals surface area contributed by atoms with Crippen LogP contribution in [0.1, 0.15) is 20.7 Å². The molecule has 0 spiro atoms. The number of nitrogens with zero attached hydrogens (tertiary/aromatic N) is 1. The topological polar surface area (TPSA) is 140 Å². The standard InChI is InChI=1S/2C7H7NO2.C5H5N/c8-6-3-1-5(2-4-6)7(9)10;8-6-4-2-1-3-5(6)7(9)10;1-2-4-6-5-3-1/h2*1-4H,8H2,(H,9,10);1-5H. The fraction of sp³-hybridized carbons (Fsp3) is 0. The van der Waals surface area contributed by atoms with Crippen molar-refractivity contribution in [2.24, 2.45) is 0 Å². The molecule has 0 amide bonds. The van der Waals surface area contributed by atoms with Gasteiger partial charge in [0.15, 0.2) is 0 Å². The highest BCUT2D eigenvalue weighted by Crippen LogP contribution is 2.09. The fourth-order valence-corrected chi connectivity index (χ4v) is 1.63. The van der Waals surface area contributed by atoms with Gasteiger partial charge in [0.1, 0.15) is 0 Å². The molecule has 7 heteroatoms. The van der Waals surface area contributed by atoms with Gasteiger partial charge in [0.05, 0.1) is 11.1 Å². The number of benzene rings is 2. The molecular formula is C19H19N3O4. The molecule has 7 nitrogen and oxygen atoms in total. The number of aromatic nitrogens is 1. The number of hydrogen-bond donors (Lipinski definition) is 4. The molecule has 0 radical (unpaired) electrons. The molecule has 0 aliphatic heterocycles. The van der Waals surface area contributed by atoms with E-state index in [4.69, 9.17) is 21.7 Å². The zero-order valence-electron chi connectivity index (χ0n) is 13.8. The van der Waals surface area contributed by atoms with Crippen LogP contribution in [0.2, 0.25) is 0 Å². The molecule has 3 rings (SSSR count). The van der Waals surface area contributed by atoms with E-state index in [2.05, 4.69) is 4.98 Å². The lowest BCUT2D eigenvalue weighted by molar-refractivity contribution is 0.0686. The molecule has 134 valence electrons. The number of anilines is 2. The van der Waals surface area contributed by atoms with Crippen molar-refractivity contribution in [3.63, 3.8) is 0 Å². The summed E-state index contributed by atoms with van der Waals surface area (Å²) in [6.07, 6.45) is 3.50. The van der Waals surface area contributed by atoms with Crippen LogP contribution < -0.4 is 11.5 Å². The van der Waals surface area contributed by atoms with E-state index in [9.17, 15) is 9.59 Å². The summed E-state index contributed by atoms with van der Waals surface area (Å²) in [6.45, 7) is 0. The van der Waals surface area contributed by atoms with Crippen molar-refractivity contribution in [3.05, 3.63) is 90.3 Å². The molecule has 0 atom stereocenters. The summed E-state index contributed by atoms with van der Waals surface area (Å²) in [5.74, 6) is -1.92. The lowest BCUT2D eigenvalue weighted by atomic mass is 10.2. The van der Waals surface area contributed by atoms with Crippen LogP contribution in [-0.4, -0.2) is 27.1 Å². The number of aromatic carboxylic acids is 2. The number of carboxylic acids is 2. The fourth-order valence-electron chi connectivity index (χ4n) is 1.63. The van der Waals surface area contributed by atoms with Crippen molar-refractivity contribution in [1.29, 1.82) is 0 Å². The molecule has 0 fully saturated rings. The van der Waals surface area contributed by atoms with E-state index in [-0.39, 0.29) is 11.1 Å². The van der Waals surface area contributed by atoms with Crippen LogP contribution in [0.3, 0.4) is 0 Å². The van der Waals surface area contributed by atoms with Gasteiger partial charge in [-0.3, -0.25) is 4.98 Å². The SMILES string of the molecule is Nc1ccc(C(=O)O)cc1.Nc1ccccc1C(=O)O.c1ccncc1. The van der Waals surface area contributed by atoms with Crippen LogP contribution in [0, 0.1) is 0 Å². The van der Waals surface area contributed by atoms with Gasteiger partial charge < -0.3 is 21.7 Å². The Bertz CT molecular complexity index is 795. The number of nitrogens with two attached hydrogens (primary N) is 2. The number of carboxylic acid groups (broad SMARTS) is 2. The minimum absolute atomic E-state index is 0.155. The molecule has 0 unspecified atom stereocenters. The number of pyridine rings is 1. The summed E-state index contributed by atoms with van der Waals surface area (Å²) in [6, 6.07) is 18.1. The van der Waals surface area contributed by atoms with Gasteiger partial charge in [-0.1, -0.05) is 18.2 Å². The molecular weight excluding hydrogens is 334 g/mol. The maximum atomic E-state index is 10.3. The third-order valence-corrected chi connectivity index (χ3v) is 2.92. The number of nitrogen functional groups attached to an aromatic ring is 2. The van der Waals surface area contributed by atoms with E-state index in [1.165, 1.54) is 18.2 Å². The van der Waals surface area contributed by atoms with Crippen molar-refractivity contribution in [1.82, 2.24) is 4.98 Å². The summed E-state index contributed by atoms with van der Waals surface area (Å²) in [4.78, 5) is 24.4. The normalized spacial score (nSPS) is 8.92. The van der Waals surface area contributed by atoms with E-state index in [0.717, 1.165) is 0 Å². The van der Waals surface area contributed by atoms with Crippen molar-refractivity contribution in [2.45, 2.75) is 0 Å². The van der Waals surface area contributed by atoms with Crippen molar-refractivity contribution >= 4 is 23.3 Å². The highest BCUT2D eigenvalue weighted by Gasteiger charge is 2.03. The van der Waals surface area contributed by atoms with Gasteiger partial charge in [0.25, 0.3) is 0 Å². The number of para-hydroxylation sites is 1. The van der Waals surface area contributed by atoms with Crippen LogP contribution in [0.15, 0.2) is 79.1 Å². The average molecular weight is 353 g/mol. The largest absolute Gasteiger partial charge is 0.478 e. The highest BCUT2D eigenvalue weighted by molar-refractivity contribution is 5.93. The first-order valence-corrected chi connectivity index (χ1v) is 7.43. The summed E-state index contributed by atoms with van der Waals surface area (Å²) in [5, 5.41) is 16.9. The summed E-state index contributed by atoms with van der Waals surface area (Å²) in [7, 11) is 0. The molecule has 2 aromatic carbocycles. The van der Waals surface area contributed by atoms with Gasteiger partial charge in [-0.25, -0.2) is 9.59 Å². The molecule has 6 N–H and O–H groups in total. The third kappa shape index (κ3) is 7.60. The minimum atomic E-state index is -0.988. The molecule has 26 heavy (non-hydrogen) atoms. The Kier molecular flexibility index (Phi) is 8.40. The minimum Gasteiger partial charge on any atom is -0.478 e. The zero-order chi connectivity index (χ0) is 19.4. The van der Waals surface area contributed by atoms with Gasteiger partial charge in [0.2, 0.25) is 0 Å². The smallest absolute Gasteiger partial charge is 0.337 e. The maximum Gasteiger partial charge on any atom is 0.337 e.